The number of nitrogens with zero attached hydrogens (tertiary/aromatic N) is 4. The van der Waals surface area contributed by atoms with E-state index in [4.69, 9.17) is 4.52 Å². The molecule has 0 spiro atoms. The van der Waals surface area contributed by atoms with E-state index in [0.29, 0.717) is 33.6 Å². The van der Waals surface area contributed by atoms with Gasteiger partial charge in [-0.05, 0) is 49.2 Å². The van der Waals surface area contributed by atoms with Crippen molar-refractivity contribution in [1.29, 1.82) is 0 Å². The fourth-order valence-corrected chi connectivity index (χ4v) is 4.53. The average molecular weight is 468 g/mol. The van der Waals surface area contributed by atoms with Crippen molar-refractivity contribution in [3.8, 4) is 22.7 Å². The molecule has 0 atom stereocenters. The van der Waals surface area contributed by atoms with Crippen LogP contribution in [0, 0.1) is 5.82 Å². The van der Waals surface area contributed by atoms with Gasteiger partial charge in [-0.3, -0.25) is 4.79 Å². The Morgan fingerprint density at radius 1 is 0.943 bits per heavy atom. The van der Waals surface area contributed by atoms with E-state index in [0.717, 1.165) is 43.6 Å². The average Bonchev–Trinajstić information content (AvgIpc) is 3.42. The molecule has 1 aliphatic rings. The van der Waals surface area contributed by atoms with Gasteiger partial charge in [0.25, 0.3) is 5.91 Å². The molecule has 0 bridgehead atoms. The van der Waals surface area contributed by atoms with Crippen LogP contribution in [0.1, 0.15) is 35.4 Å². The van der Waals surface area contributed by atoms with Crippen LogP contribution >= 0.6 is 0 Å². The van der Waals surface area contributed by atoms with Crippen LogP contribution in [-0.2, 0) is 13.0 Å². The zero-order valence-electron chi connectivity index (χ0n) is 18.9. The molecule has 0 fully saturated rings. The predicted octanol–water partition coefficient (Wildman–Crippen LogP) is 5.87. The largest absolute Gasteiger partial charge is 0.355 e. The van der Waals surface area contributed by atoms with Gasteiger partial charge in [0.15, 0.2) is 11.6 Å². The number of rotatable bonds is 4. The maximum atomic E-state index is 14.7. The molecule has 0 saturated heterocycles. The topological polar surface area (TPSA) is 85.8 Å². The highest BCUT2D eigenvalue weighted by Crippen LogP contribution is 2.30. The lowest BCUT2D eigenvalue weighted by Crippen LogP contribution is -2.13. The van der Waals surface area contributed by atoms with Gasteiger partial charge in [-0.2, -0.15) is 0 Å². The Labute approximate surface area is 200 Å². The smallest absolute Gasteiger partial charge is 0.255 e. The second-order valence-corrected chi connectivity index (χ2v) is 8.66. The van der Waals surface area contributed by atoms with Gasteiger partial charge in [0, 0.05) is 29.7 Å². The molecule has 1 amide bonds. The first-order valence-corrected chi connectivity index (χ1v) is 11.7. The van der Waals surface area contributed by atoms with Crippen molar-refractivity contribution in [2.24, 2.45) is 0 Å². The van der Waals surface area contributed by atoms with Gasteiger partial charge in [0.2, 0.25) is 0 Å². The maximum Gasteiger partial charge on any atom is 0.255 e. The third kappa shape index (κ3) is 3.97. The first-order valence-electron chi connectivity index (χ1n) is 11.7. The molecule has 2 aromatic heterocycles. The molecular formula is C27H22FN5O2. The number of aromatic nitrogens is 4. The molecule has 174 valence electrons. The molecule has 3 aromatic carbocycles. The Morgan fingerprint density at radius 3 is 2.71 bits per heavy atom. The summed E-state index contributed by atoms with van der Waals surface area (Å²) in [6.07, 6.45) is 4.18. The first-order chi connectivity index (χ1) is 17.2. The van der Waals surface area contributed by atoms with Gasteiger partial charge < -0.3 is 14.4 Å². The Kier molecular flexibility index (Phi) is 5.33. The van der Waals surface area contributed by atoms with Gasteiger partial charge in [0.05, 0.1) is 11.1 Å². The van der Waals surface area contributed by atoms with Crippen LogP contribution < -0.4 is 5.32 Å². The summed E-state index contributed by atoms with van der Waals surface area (Å²) in [4.78, 5) is 13.1. The van der Waals surface area contributed by atoms with Crippen LogP contribution in [0.4, 0.5) is 10.1 Å². The van der Waals surface area contributed by atoms with Crippen LogP contribution in [0.25, 0.3) is 33.6 Å². The fourth-order valence-electron chi connectivity index (χ4n) is 4.53. The van der Waals surface area contributed by atoms with Crippen molar-refractivity contribution in [2.75, 3.05) is 5.32 Å². The molecule has 1 N–H and O–H groups in total. The van der Waals surface area contributed by atoms with E-state index in [-0.39, 0.29) is 5.69 Å². The van der Waals surface area contributed by atoms with Gasteiger partial charge in [0.1, 0.15) is 17.2 Å². The quantitative estimate of drug-likeness (QED) is 0.357. The molecule has 0 unspecified atom stereocenters. The fraction of sp³-hybridized carbons (Fsp3) is 0.185. The van der Waals surface area contributed by atoms with Crippen molar-refractivity contribution >= 4 is 22.5 Å². The van der Waals surface area contributed by atoms with Crippen molar-refractivity contribution in [3.05, 3.63) is 83.9 Å². The molecule has 6 rings (SSSR count). The number of fused-ring (bicyclic) bond motifs is 2. The number of hydrogen-bond acceptors (Lipinski definition) is 5. The Hall–Kier alpha value is -4.33. The van der Waals surface area contributed by atoms with E-state index in [1.807, 2.05) is 30.3 Å². The molecule has 0 saturated carbocycles. The summed E-state index contributed by atoms with van der Waals surface area (Å²) in [7, 11) is 0. The number of benzene rings is 3. The molecule has 5 aromatic rings. The summed E-state index contributed by atoms with van der Waals surface area (Å²) >= 11 is 0. The highest BCUT2D eigenvalue weighted by atomic mass is 19.1. The Balaban J connectivity index is 1.31. The van der Waals surface area contributed by atoms with Crippen LogP contribution in [0.2, 0.25) is 0 Å². The number of carbonyl (C=O) groups is 1. The summed E-state index contributed by atoms with van der Waals surface area (Å²) < 4.78 is 22.3. The summed E-state index contributed by atoms with van der Waals surface area (Å²) in [6, 6.07) is 19.3. The maximum absolute atomic E-state index is 14.7. The highest BCUT2D eigenvalue weighted by molar-refractivity contribution is 6.07. The predicted molar refractivity (Wildman–Crippen MR) is 130 cm³/mol. The van der Waals surface area contributed by atoms with Crippen LogP contribution in [0.15, 0.2) is 71.3 Å². The number of halogens is 1. The van der Waals surface area contributed by atoms with Gasteiger partial charge in [-0.1, -0.05) is 41.9 Å². The third-order valence-corrected chi connectivity index (χ3v) is 6.36. The number of amides is 1. The van der Waals surface area contributed by atoms with Crippen molar-refractivity contribution in [2.45, 2.75) is 32.2 Å². The standard InChI is InChI=1S/C27H22FN5O2/c28-21-12-10-18(26-31-30-24-9-5-2-6-14-33(24)26)16-23(21)29-27(34)19-11-13-22-20(15-19)25(35-32-22)17-7-3-1-4-8-17/h1,3-4,7-8,10-13,15-16H,2,5-6,9,14H2,(H,29,34). The van der Waals surface area contributed by atoms with Gasteiger partial charge in [-0.25, -0.2) is 4.39 Å². The van der Waals surface area contributed by atoms with E-state index in [9.17, 15) is 9.18 Å². The Morgan fingerprint density at radius 2 is 1.83 bits per heavy atom. The molecule has 8 heteroatoms. The third-order valence-electron chi connectivity index (χ3n) is 6.36. The van der Waals surface area contributed by atoms with Crippen LogP contribution in [-0.4, -0.2) is 25.8 Å². The van der Waals surface area contributed by atoms with Gasteiger partial charge in [-0.15, -0.1) is 10.2 Å². The number of carbonyl (C=O) groups excluding carboxylic acids is 1. The van der Waals surface area contributed by atoms with E-state index >= 15 is 0 Å². The monoisotopic (exact) mass is 467 g/mol. The second-order valence-electron chi connectivity index (χ2n) is 8.66. The molecule has 1 aliphatic heterocycles. The van der Waals surface area contributed by atoms with E-state index in [1.165, 1.54) is 6.07 Å². The molecule has 7 nitrogen and oxygen atoms in total. The second kappa shape index (κ2) is 8.79. The lowest BCUT2D eigenvalue weighted by atomic mass is 10.1. The SMILES string of the molecule is O=C(Nc1cc(-c2nnc3n2CCCCC3)ccc1F)c1ccc2noc(-c3ccccc3)c2c1. The number of aryl methyl sites for hydroxylation is 1. The van der Waals surface area contributed by atoms with Crippen molar-refractivity contribution < 1.29 is 13.7 Å². The molecule has 35 heavy (non-hydrogen) atoms. The molecule has 0 aliphatic carbocycles. The van der Waals surface area contributed by atoms with Crippen LogP contribution in [0.5, 0.6) is 0 Å². The first kappa shape index (κ1) is 21.2. The number of nitrogens with one attached hydrogen (secondary N) is 1. The van der Waals surface area contributed by atoms with E-state index in [1.54, 1.807) is 30.3 Å². The van der Waals surface area contributed by atoms with E-state index in [2.05, 4.69) is 25.2 Å². The summed E-state index contributed by atoms with van der Waals surface area (Å²) in [5.74, 6) is 1.27. The number of hydrogen-bond donors (Lipinski definition) is 1. The van der Waals surface area contributed by atoms with Crippen LogP contribution in [0.3, 0.4) is 0 Å². The summed E-state index contributed by atoms with van der Waals surface area (Å²) in [5, 5.41) is 16.2. The normalized spacial score (nSPS) is 13.4. The lowest BCUT2D eigenvalue weighted by Gasteiger charge is -2.11. The lowest BCUT2D eigenvalue weighted by molar-refractivity contribution is 0.102. The minimum Gasteiger partial charge on any atom is -0.355 e. The molecular weight excluding hydrogens is 445 g/mol. The minimum absolute atomic E-state index is 0.0900. The van der Waals surface area contributed by atoms with Crippen molar-refractivity contribution in [1.82, 2.24) is 19.9 Å². The summed E-state index contributed by atoms with van der Waals surface area (Å²) in [6.45, 7) is 0.833. The summed E-state index contributed by atoms with van der Waals surface area (Å²) in [5.41, 5.74) is 2.68. The van der Waals surface area contributed by atoms with E-state index < -0.39 is 11.7 Å². The van der Waals surface area contributed by atoms with Gasteiger partial charge >= 0.3 is 0 Å². The van der Waals surface area contributed by atoms with Crippen molar-refractivity contribution in [3.63, 3.8) is 0 Å². The zero-order valence-corrected chi connectivity index (χ0v) is 18.9. The zero-order chi connectivity index (χ0) is 23.8. The highest BCUT2D eigenvalue weighted by Gasteiger charge is 2.19. The molecule has 0 radical (unpaired) electrons. The number of anilines is 1. The molecule has 3 heterocycles. The minimum atomic E-state index is -0.520. The Bertz CT molecular complexity index is 1540.